The third-order valence-electron chi connectivity index (χ3n) is 5.71. The molecule has 0 bridgehead atoms. The van der Waals surface area contributed by atoms with E-state index in [1.54, 1.807) is 0 Å². The molecule has 3 nitrogen and oxygen atoms in total. The lowest BCUT2D eigenvalue weighted by atomic mass is 9.67. The first-order valence-electron chi connectivity index (χ1n) is 9.73. The molecule has 3 rings (SSSR count). The minimum Gasteiger partial charge on any atom is -0.508 e. The van der Waals surface area contributed by atoms with Crippen molar-refractivity contribution in [1.82, 2.24) is 5.32 Å². The Balaban J connectivity index is 1.83. The van der Waals surface area contributed by atoms with E-state index >= 15 is 0 Å². The molecule has 0 saturated heterocycles. The van der Waals surface area contributed by atoms with Gasteiger partial charge in [-0.15, -0.1) is 5.92 Å². The van der Waals surface area contributed by atoms with Gasteiger partial charge in [0.2, 0.25) is 0 Å². The molecule has 0 radical (unpaired) electrons. The topological polar surface area (TPSA) is 41.5 Å². The number of allylic oxidation sites excluding steroid dienone is 2. The molecule has 3 heteroatoms. The van der Waals surface area contributed by atoms with E-state index in [-0.39, 0.29) is 5.60 Å². The SMILES string of the molecule is CNCCCC#CCc1cc(O)c2c(c1)OC(C)(C)[C@@H]1CC=C(C)C[C@@H]21. The molecule has 140 valence electrons. The smallest absolute Gasteiger partial charge is 0.127 e. The molecule has 1 aliphatic heterocycles. The van der Waals surface area contributed by atoms with Crippen LogP contribution in [0.5, 0.6) is 11.5 Å². The molecule has 0 amide bonds. The molecule has 1 aromatic rings. The Morgan fingerprint density at radius 2 is 2.12 bits per heavy atom. The summed E-state index contributed by atoms with van der Waals surface area (Å²) in [7, 11) is 1.96. The number of rotatable bonds is 4. The standard InChI is InChI=1S/C23H31NO2/c1-16-10-11-19-18(13-16)22-20(25)14-17(9-7-5-6-8-12-24-4)15-21(22)26-23(19,2)3/h10,14-15,18-19,24-25H,6,8-9,11-13H2,1-4H3/t18-,19-/m1/s1. The second kappa shape index (κ2) is 7.76. The Morgan fingerprint density at radius 1 is 1.31 bits per heavy atom. The Labute approximate surface area is 157 Å². The lowest BCUT2D eigenvalue weighted by Gasteiger charge is -2.47. The van der Waals surface area contributed by atoms with Crippen molar-refractivity contribution in [3.63, 3.8) is 0 Å². The monoisotopic (exact) mass is 353 g/mol. The maximum Gasteiger partial charge on any atom is 0.127 e. The number of benzene rings is 1. The molecule has 1 heterocycles. The first-order chi connectivity index (χ1) is 12.4. The molecule has 0 spiro atoms. The largest absolute Gasteiger partial charge is 0.508 e. The van der Waals surface area contributed by atoms with Crippen LogP contribution in [0.3, 0.4) is 0 Å². The average Bonchev–Trinajstić information content (AvgIpc) is 2.56. The number of aromatic hydroxyl groups is 1. The Morgan fingerprint density at radius 3 is 2.88 bits per heavy atom. The first-order valence-corrected chi connectivity index (χ1v) is 9.73. The van der Waals surface area contributed by atoms with Crippen molar-refractivity contribution in [3.05, 3.63) is 34.9 Å². The average molecular weight is 354 g/mol. The summed E-state index contributed by atoms with van der Waals surface area (Å²) < 4.78 is 6.36. The minimum absolute atomic E-state index is 0.223. The van der Waals surface area contributed by atoms with Crippen molar-refractivity contribution >= 4 is 0 Å². The van der Waals surface area contributed by atoms with Crippen molar-refractivity contribution < 1.29 is 9.84 Å². The van der Waals surface area contributed by atoms with Crippen molar-refractivity contribution in [2.45, 2.75) is 64.4 Å². The molecule has 2 aliphatic rings. The minimum atomic E-state index is -0.223. The van der Waals surface area contributed by atoms with E-state index in [0.29, 0.717) is 24.0 Å². The van der Waals surface area contributed by atoms with Gasteiger partial charge in [-0.25, -0.2) is 0 Å². The summed E-state index contributed by atoms with van der Waals surface area (Å²) >= 11 is 0. The van der Waals surface area contributed by atoms with Crippen LogP contribution < -0.4 is 10.1 Å². The summed E-state index contributed by atoms with van der Waals surface area (Å²) in [6, 6.07) is 3.97. The highest BCUT2D eigenvalue weighted by molar-refractivity contribution is 5.53. The zero-order valence-corrected chi connectivity index (χ0v) is 16.5. The van der Waals surface area contributed by atoms with Gasteiger partial charge in [0, 0.05) is 30.2 Å². The van der Waals surface area contributed by atoms with E-state index < -0.39 is 0 Å². The van der Waals surface area contributed by atoms with Crippen LogP contribution in [-0.4, -0.2) is 24.3 Å². The lowest BCUT2D eigenvalue weighted by molar-refractivity contribution is 0.00754. The molecule has 2 N–H and O–H groups in total. The van der Waals surface area contributed by atoms with Crippen molar-refractivity contribution in [1.29, 1.82) is 0 Å². The van der Waals surface area contributed by atoms with Crippen LogP contribution in [0, 0.1) is 17.8 Å². The Bertz CT molecular complexity index is 751. The van der Waals surface area contributed by atoms with Crippen LogP contribution in [0.15, 0.2) is 23.8 Å². The number of phenolic OH excluding ortho intramolecular Hbond substituents is 1. The Kier molecular flexibility index (Phi) is 5.63. The first kappa shape index (κ1) is 18.9. The van der Waals surface area contributed by atoms with Gasteiger partial charge < -0.3 is 15.2 Å². The van der Waals surface area contributed by atoms with Gasteiger partial charge in [-0.3, -0.25) is 0 Å². The fraction of sp³-hybridized carbons (Fsp3) is 0.565. The fourth-order valence-corrected chi connectivity index (χ4v) is 4.33. The van der Waals surface area contributed by atoms with Crippen LogP contribution in [0.4, 0.5) is 0 Å². The highest BCUT2D eigenvalue weighted by Gasteiger charge is 2.45. The van der Waals surface area contributed by atoms with Crippen LogP contribution in [0.2, 0.25) is 0 Å². The zero-order chi connectivity index (χ0) is 18.7. The third-order valence-corrected chi connectivity index (χ3v) is 5.71. The van der Waals surface area contributed by atoms with Gasteiger partial charge in [0.25, 0.3) is 0 Å². The van der Waals surface area contributed by atoms with Crippen LogP contribution >= 0.6 is 0 Å². The normalized spacial score (nSPS) is 23.0. The molecule has 1 aromatic carbocycles. The van der Waals surface area contributed by atoms with E-state index in [1.807, 2.05) is 13.1 Å². The zero-order valence-electron chi connectivity index (χ0n) is 16.5. The summed E-state index contributed by atoms with van der Waals surface area (Å²) in [4.78, 5) is 0. The molecular formula is C23H31NO2. The Hall–Kier alpha value is -1.92. The maximum absolute atomic E-state index is 10.7. The number of phenols is 1. The number of hydrogen-bond donors (Lipinski definition) is 2. The summed E-state index contributed by atoms with van der Waals surface area (Å²) in [5, 5.41) is 13.9. The van der Waals surface area contributed by atoms with Crippen molar-refractivity contribution in [3.8, 4) is 23.3 Å². The predicted molar refractivity (Wildman–Crippen MR) is 107 cm³/mol. The third kappa shape index (κ3) is 3.91. The van der Waals surface area contributed by atoms with E-state index in [0.717, 1.165) is 49.1 Å². The molecule has 1 aliphatic carbocycles. The van der Waals surface area contributed by atoms with Crippen LogP contribution in [0.1, 0.15) is 63.5 Å². The second-order valence-corrected chi connectivity index (χ2v) is 8.17. The number of hydrogen-bond acceptors (Lipinski definition) is 3. The summed E-state index contributed by atoms with van der Waals surface area (Å²) in [5.41, 5.74) is 3.21. The van der Waals surface area contributed by atoms with Gasteiger partial charge in [0.1, 0.15) is 17.1 Å². The van der Waals surface area contributed by atoms with E-state index in [2.05, 4.69) is 50.1 Å². The summed E-state index contributed by atoms with van der Waals surface area (Å²) in [6.45, 7) is 7.53. The summed E-state index contributed by atoms with van der Waals surface area (Å²) in [5.74, 6) is 8.39. The van der Waals surface area contributed by atoms with E-state index in [1.165, 1.54) is 5.57 Å². The van der Waals surface area contributed by atoms with E-state index in [4.69, 9.17) is 4.74 Å². The molecule has 26 heavy (non-hydrogen) atoms. The molecule has 0 unspecified atom stereocenters. The fourth-order valence-electron chi connectivity index (χ4n) is 4.33. The van der Waals surface area contributed by atoms with Crippen molar-refractivity contribution in [2.75, 3.05) is 13.6 Å². The molecular weight excluding hydrogens is 322 g/mol. The van der Waals surface area contributed by atoms with Gasteiger partial charge in [0.15, 0.2) is 0 Å². The van der Waals surface area contributed by atoms with Gasteiger partial charge >= 0.3 is 0 Å². The van der Waals surface area contributed by atoms with Gasteiger partial charge in [-0.05, 0) is 71.3 Å². The predicted octanol–water partition coefficient (Wildman–Crippen LogP) is 4.55. The summed E-state index contributed by atoms with van der Waals surface area (Å²) in [6.07, 6.45) is 6.96. The van der Waals surface area contributed by atoms with Crippen LogP contribution in [0.25, 0.3) is 0 Å². The maximum atomic E-state index is 10.7. The second-order valence-electron chi connectivity index (χ2n) is 8.17. The van der Waals surface area contributed by atoms with Gasteiger partial charge in [-0.1, -0.05) is 17.6 Å². The molecule has 0 fully saturated rings. The molecule has 0 saturated carbocycles. The van der Waals surface area contributed by atoms with Gasteiger partial charge in [-0.2, -0.15) is 0 Å². The molecule has 2 atom stereocenters. The number of nitrogens with one attached hydrogen (secondary N) is 1. The highest BCUT2D eigenvalue weighted by Crippen LogP contribution is 2.54. The quantitative estimate of drug-likeness (QED) is 0.474. The number of fused-ring (bicyclic) bond motifs is 3. The highest BCUT2D eigenvalue weighted by atomic mass is 16.5. The molecule has 0 aromatic heterocycles. The van der Waals surface area contributed by atoms with Gasteiger partial charge in [0.05, 0.1) is 0 Å². The van der Waals surface area contributed by atoms with Crippen molar-refractivity contribution in [2.24, 2.45) is 5.92 Å². The van der Waals surface area contributed by atoms with E-state index in [9.17, 15) is 5.11 Å². The lowest BCUT2D eigenvalue weighted by Crippen LogP contribution is -2.45. The number of ether oxygens (including phenoxy) is 1. The van der Waals surface area contributed by atoms with Crippen LogP contribution in [-0.2, 0) is 6.42 Å². The number of unbranched alkanes of at least 4 members (excludes halogenated alkanes) is 1.